The molecule has 0 radical (unpaired) electrons. The number of fused-ring (bicyclic) bond motifs is 1. The van der Waals surface area contributed by atoms with Crippen LogP contribution in [0.3, 0.4) is 0 Å². The Morgan fingerprint density at radius 1 is 0.968 bits per heavy atom. The first-order valence-corrected chi connectivity index (χ1v) is 10.9. The van der Waals surface area contributed by atoms with Gasteiger partial charge in [-0.3, -0.25) is 19.4 Å². The van der Waals surface area contributed by atoms with Crippen LogP contribution in [-0.4, -0.2) is 69.3 Å². The van der Waals surface area contributed by atoms with Gasteiger partial charge in [0, 0.05) is 32.2 Å². The summed E-state index contributed by atoms with van der Waals surface area (Å²) in [7, 11) is -2.50. The number of ketones is 1. The van der Waals surface area contributed by atoms with Crippen LogP contribution in [0, 0.1) is 11.6 Å². The molecular formula is C20H19F2N3O5S. The summed E-state index contributed by atoms with van der Waals surface area (Å²) in [5, 5.41) is 0. The highest BCUT2D eigenvalue weighted by Crippen LogP contribution is 2.32. The topological polar surface area (TPSA) is 87.2 Å². The first-order valence-electron chi connectivity index (χ1n) is 9.44. The number of hydrogen-bond acceptors (Lipinski definition) is 6. The highest BCUT2D eigenvalue weighted by atomic mass is 32.2. The van der Waals surface area contributed by atoms with Crippen molar-refractivity contribution >= 4 is 27.4 Å². The largest absolute Gasteiger partial charge is 0.497 e. The van der Waals surface area contributed by atoms with Gasteiger partial charge in [0.25, 0.3) is 5.78 Å². The molecule has 8 nitrogen and oxygen atoms in total. The molecule has 1 saturated heterocycles. The molecule has 2 aromatic rings. The molecule has 0 bridgehead atoms. The van der Waals surface area contributed by atoms with Crippen LogP contribution in [0.25, 0.3) is 0 Å². The second-order valence-electron chi connectivity index (χ2n) is 7.18. The molecule has 0 spiro atoms. The fourth-order valence-electron chi connectivity index (χ4n) is 3.64. The van der Waals surface area contributed by atoms with E-state index in [-0.39, 0.29) is 24.7 Å². The lowest BCUT2D eigenvalue weighted by Crippen LogP contribution is -2.52. The summed E-state index contributed by atoms with van der Waals surface area (Å²) < 4.78 is 58.4. The van der Waals surface area contributed by atoms with Gasteiger partial charge in [-0.2, -0.15) is 4.31 Å². The predicted molar refractivity (Wildman–Crippen MR) is 106 cm³/mol. The van der Waals surface area contributed by atoms with E-state index in [1.807, 2.05) is 4.90 Å². The Hall–Kier alpha value is -2.89. The van der Waals surface area contributed by atoms with Crippen molar-refractivity contribution < 1.29 is 31.5 Å². The molecule has 1 amide bonds. The standard InChI is InChI=1S/C20H19F2N3O5S/c1-30-13-2-4-15-18(10-13)25(20(27)19(15)26)12-23-6-8-24(9-7-23)31(28,29)14-3-5-16(21)17(22)11-14/h2-5,10-11H,6-9,12H2,1H3. The Bertz CT molecular complexity index is 1160. The Labute approximate surface area is 177 Å². The zero-order valence-corrected chi connectivity index (χ0v) is 17.4. The maximum absolute atomic E-state index is 13.5. The monoisotopic (exact) mass is 451 g/mol. The molecule has 0 aromatic heterocycles. The van der Waals surface area contributed by atoms with Crippen molar-refractivity contribution in [2.75, 3.05) is 44.9 Å². The van der Waals surface area contributed by atoms with Crippen LogP contribution in [0.1, 0.15) is 10.4 Å². The number of rotatable bonds is 5. The van der Waals surface area contributed by atoms with Crippen LogP contribution in [-0.2, 0) is 14.8 Å². The fraction of sp³-hybridized carbons (Fsp3) is 0.300. The SMILES string of the molecule is COc1ccc2c(c1)N(CN1CCN(S(=O)(=O)c3ccc(F)c(F)c3)CC1)C(=O)C2=O. The summed E-state index contributed by atoms with van der Waals surface area (Å²) in [5.74, 6) is -3.09. The van der Waals surface area contributed by atoms with Crippen molar-refractivity contribution in [3.63, 3.8) is 0 Å². The Morgan fingerprint density at radius 2 is 1.68 bits per heavy atom. The van der Waals surface area contributed by atoms with Gasteiger partial charge in [-0.25, -0.2) is 17.2 Å². The molecule has 2 aliphatic rings. The van der Waals surface area contributed by atoms with Gasteiger partial charge in [-0.1, -0.05) is 0 Å². The summed E-state index contributed by atoms with van der Waals surface area (Å²) in [6.45, 7) is 0.898. The van der Waals surface area contributed by atoms with Gasteiger partial charge in [0.15, 0.2) is 11.6 Å². The predicted octanol–water partition coefficient (Wildman–Crippen LogP) is 1.47. The zero-order valence-electron chi connectivity index (χ0n) is 16.5. The Balaban J connectivity index is 1.46. The zero-order chi connectivity index (χ0) is 22.3. The van der Waals surface area contributed by atoms with Crippen LogP contribution in [0.15, 0.2) is 41.3 Å². The molecule has 0 unspecified atom stereocenters. The van der Waals surface area contributed by atoms with Crippen LogP contribution >= 0.6 is 0 Å². The molecule has 0 aliphatic carbocycles. The molecule has 0 atom stereocenters. The van der Waals surface area contributed by atoms with E-state index >= 15 is 0 Å². The molecule has 164 valence electrons. The number of carbonyl (C=O) groups is 2. The van der Waals surface area contributed by atoms with Gasteiger partial charge in [0.05, 0.1) is 29.9 Å². The van der Waals surface area contributed by atoms with Gasteiger partial charge in [0.1, 0.15) is 5.75 Å². The van der Waals surface area contributed by atoms with Gasteiger partial charge in [0.2, 0.25) is 10.0 Å². The van der Waals surface area contributed by atoms with Crippen molar-refractivity contribution in [3.8, 4) is 5.75 Å². The summed E-state index contributed by atoms with van der Waals surface area (Å²) in [4.78, 5) is 27.6. The molecule has 0 saturated carbocycles. The van der Waals surface area contributed by atoms with Gasteiger partial charge in [-0.05, 0) is 30.3 Å². The van der Waals surface area contributed by atoms with Crippen molar-refractivity contribution in [2.24, 2.45) is 0 Å². The number of sulfonamides is 1. The number of piperazine rings is 1. The van der Waals surface area contributed by atoms with Crippen molar-refractivity contribution in [1.29, 1.82) is 0 Å². The second-order valence-corrected chi connectivity index (χ2v) is 9.12. The number of anilines is 1. The minimum absolute atomic E-state index is 0.0995. The minimum atomic E-state index is -3.98. The van der Waals surface area contributed by atoms with Gasteiger partial charge < -0.3 is 4.74 Å². The van der Waals surface area contributed by atoms with E-state index in [9.17, 15) is 26.8 Å². The first kappa shape index (κ1) is 21.3. The normalized spacial score (nSPS) is 17.8. The second kappa shape index (κ2) is 7.98. The minimum Gasteiger partial charge on any atom is -0.497 e. The van der Waals surface area contributed by atoms with Crippen molar-refractivity contribution in [1.82, 2.24) is 9.21 Å². The summed E-state index contributed by atoms with van der Waals surface area (Å²) >= 11 is 0. The van der Waals surface area contributed by atoms with Crippen LogP contribution in [0.2, 0.25) is 0 Å². The van der Waals surface area contributed by atoms with E-state index in [1.165, 1.54) is 16.3 Å². The number of halogens is 2. The molecule has 2 aliphatic heterocycles. The summed E-state index contributed by atoms with van der Waals surface area (Å²) in [5.41, 5.74) is 0.747. The highest BCUT2D eigenvalue weighted by molar-refractivity contribution is 7.89. The number of nitrogens with zero attached hydrogens (tertiary/aromatic N) is 3. The number of benzene rings is 2. The number of Topliss-reactive ketones (excluding diaryl/α,β-unsaturated/α-hetero) is 1. The molecule has 2 aromatic carbocycles. The average Bonchev–Trinajstić information content (AvgIpc) is 3.00. The smallest absolute Gasteiger partial charge is 0.300 e. The number of methoxy groups -OCH3 is 1. The fourth-order valence-corrected chi connectivity index (χ4v) is 5.07. The van der Waals surface area contributed by atoms with E-state index in [4.69, 9.17) is 4.74 Å². The Kier molecular flexibility index (Phi) is 5.50. The molecule has 0 N–H and O–H groups in total. The van der Waals surface area contributed by atoms with Gasteiger partial charge in [-0.15, -0.1) is 0 Å². The molecule has 11 heteroatoms. The van der Waals surface area contributed by atoms with Gasteiger partial charge >= 0.3 is 5.91 Å². The average molecular weight is 451 g/mol. The third-order valence-electron chi connectivity index (χ3n) is 5.38. The maximum atomic E-state index is 13.5. The van der Waals surface area contributed by atoms with Crippen molar-refractivity contribution in [3.05, 3.63) is 53.6 Å². The maximum Gasteiger partial charge on any atom is 0.300 e. The van der Waals surface area contributed by atoms with E-state index < -0.39 is 33.3 Å². The quantitative estimate of drug-likeness (QED) is 0.640. The molecule has 1 fully saturated rings. The first-order chi connectivity index (χ1) is 14.7. The van der Waals surface area contributed by atoms with Crippen LogP contribution < -0.4 is 9.64 Å². The highest BCUT2D eigenvalue weighted by Gasteiger charge is 2.38. The summed E-state index contributed by atoms with van der Waals surface area (Å²) in [6, 6.07) is 7.23. The van der Waals surface area contributed by atoms with E-state index in [0.717, 1.165) is 12.1 Å². The molecule has 2 heterocycles. The number of ether oxygens (including phenoxy) is 1. The summed E-state index contributed by atoms with van der Waals surface area (Å²) in [6.07, 6.45) is 0. The number of carbonyl (C=O) groups excluding carboxylic acids is 2. The number of hydrogen-bond donors (Lipinski definition) is 0. The van der Waals surface area contributed by atoms with Crippen LogP contribution in [0.4, 0.5) is 14.5 Å². The van der Waals surface area contributed by atoms with Crippen molar-refractivity contribution in [2.45, 2.75) is 4.90 Å². The molecule has 31 heavy (non-hydrogen) atoms. The Morgan fingerprint density at radius 3 is 2.32 bits per heavy atom. The third kappa shape index (κ3) is 3.80. The number of amides is 1. The lowest BCUT2D eigenvalue weighted by molar-refractivity contribution is -0.114. The lowest BCUT2D eigenvalue weighted by Gasteiger charge is -2.35. The van der Waals surface area contributed by atoms with Crippen LogP contribution in [0.5, 0.6) is 5.75 Å². The van der Waals surface area contributed by atoms with E-state index in [0.29, 0.717) is 36.2 Å². The molecule has 4 rings (SSSR count). The van der Waals surface area contributed by atoms with E-state index in [2.05, 4.69) is 0 Å². The van der Waals surface area contributed by atoms with E-state index in [1.54, 1.807) is 18.2 Å². The molecular weight excluding hydrogens is 432 g/mol. The third-order valence-corrected chi connectivity index (χ3v) is 7.28. The lowest BCUT2D eigenvalue weighted by atomic mass is 10.1.